The summed E-state index contributed by atoms with van der Waals surface area (Å²) in [5.41, 5.74) is 9.15. The van der Waals surface area contributed by atoms with Gasteiger partial charge in [0.2, 0.25) is 0 Å². The van der Waals surface area contributed by atoms with Gasteiger partial charge < -0.3 is 10.8 Å². The minimum absolute atomic E-state index is 0.331. The summed E-state index contributed by atoms with van der Waals surface area (Å²) in [6.45, 7) is 5.46. The SMILES string of the molecule is Cc1c(N)c(C)c(C(=O)O)c(C)c1I. The molecule has 0 aliphatic rings. The number of nitrogens with two attached hydrogens (primary N) is 1. The molecule has 0 unspecified atom stereocenters. The van der Waals surface area contributed by atoms with Crippen LogP contribution in [0.25, 0.3) is 0 Å². The van der Waals surface area contributed by atoms with Crippen molar-refractivity contribution in [3.63, 3.8) is 0 Å². The Morgan fingerprint density at radius 3 is 2.14 bits per heavy atom. The van der Waals surface area contributed by atoms with Crippen molar-refractivity contribution < 1.29 is 9.90 Å². The van der Waals surface area contributed by atoms with Crippen LogP contribution >= 0.6 is 22.6 Å². The van der Waals surface area contributed by atoms with E-state index in [1.807, 2.05) is 13.8 Å². The summed E-state index contributed by atoms with van der Waals surface area (Å²) in [6, 6.07) is 0. The molecule has 0 amide bonds. The number of aromatic carboxylic acids is 1. The number of carboxylic acids is 1. The van der Waals surface area contributed by atoms with Gasteiger partial charge in [-0.15, -0.1) is 0 Å². The van der Waals surface area contributed by atoms with Crippen LogP contribution in [0.4, 0.5) is 5.69 Å². The van der Waals surface area contributed by atoms with Gasteiger partial charge in [-0.3, -0.25) is 0 Å². The van der Waals surface area contributed by atoms with Crippen LogP contribution in [0, 0.1) is 24.3 Å². The summed E-state index contributed by atoms with van der Waals surface area (Å²) in [6.07, 6.45) is 0. The van der Waals surface area contributed by atoms with Gasteiger partial charge >= 0.3 is 5.97 Å². The number of carboxylic acid groups (broad SMARTS) is 1. The van der Waals surface area contributed by atoms with Crippen LogP contribution in [0.1, 0.15) is 27.0 Å². The van der Waals surface area contributed by atoms with Gasteiger partial charge in [0.1, 0.15) is 0 Å². The summed E-state index contributed by atoms with van der Waals surface area (Å²) in [5, 5.41) is 9.03. The molecule has 0 saturated heterocycles. The van der Waals surface area contributed by atoms with Gasteiger partial charge in [0, 0.05) is 9.26 Å². The molecule has 0 saturated carbocycles. The molecule has 0 fully saturated rings. The zero-order chi connectivity index (χ0) is 11.0. The van der Waals surface area contributed by atoms with Crippen LogP contribution in [0.3, 0.4) is 0 Å². The predicted octanol–water partition coefficient (Wildman–Crippen LogP) is 2.50. The van der Waals surface area contributed by atoms with Gasteiger partial charge in [-0.2, -0.15) is 0 Å². The number of benzene rings is 1. The van der Waals surface area contributed by atoms with Gasteiger partial charge in [-0.1, -0.05) is 0 Å². The van der Waals surface area contributed by atoms with Crippen molar-refractivity contribution in [3.05, 3.63) is 25.8 Å². The molecule has 0 aromatic heterocycles. The molecule has 0 atom stereocenters. The van der Waals surface area contributed by atoms with Crippen molar-refractivity contribution in [1.82, 2.24) is 0 Å². The maximum atomic E-state index is 11.0. The van der Waals surface area contributed by atoms with Gasteiger partial charge in [0.25, 0.3) is 0 Å². The van der Waals surface area contributed by atoms with E-state index in [1.165, 1.54) is 0 Å². The highest BCUT2D eigenvalue weighted by molar-refractivity contribution is 14.1. The van der Waals surface area contributed by atoms with Crippen molar-refractivity contribution in [2.45, 2.75) is 20.8 Å². The molecular formula is C10H12INO2. The second kappa shape index (κ2) is 3.76. The van der Waals surface area contributed by atoms with E-state index in [4.69, 9.17) is 10.8 Å². The third kappa shape index (κ3) is 1.58. The average molecular weight is 305 g/mol. The Morgan fingerprint density at radius 1 is 1.21 bits per heavy atom. The fourth-order valence-electron chi connectivity index (χ4n) is 1.53. The predicted molar refractivity (Wildman–Crippen MR) is 64.7 cm³/mol. The summed E-state index contributed by atoms with van der Waals surface area (Å²) in [4.78, 5) is 11.0. The van der Waals surface area contributed by atoms with Crippen LogP contribution in [0.2, 0.25) is 0 Å². The van der Waals surface area contributed by atoms with Crippen molar-refractivity contribution in [2.75, 3.05) is 5.73 Å². The standard InChI is InChI=1S/C10H12INO2/c1-4-7(10(13)14)5(2)9(12)6(3)8(4)11/h12H2,1-3H3,(H,13,14). The Labute approximate surface area is 96.4 Å². The molecule has 1 rings (SSSR count). The minimum atomic E-state index is -0.912. The van der Waals surface area contributed by atoms with Crippen molar-refractivity contribution in [2.24, 2.45) is 0 Å². The molecule has 3 nitrogen and oxygen atoms in total. The Hall–Kier alpha value is -0.780. The van der Waals surface area contributed by atoms with E-state index in [0.29, 0.717) is 16.8 Å². The first-order chi connectivity index (χ1) is 6.37. The molecule has 0 aliphatic carbocycles. The summed E-state index contributed by atoms with van der Waals surface area (Å²) < 4.78 is 0.933. The highest BCUT2D eigenvalue weighted by Crippen LogP contribution is 2.29. The number of carbonyl (C=O) groups is 1. The van der Waals surface area contributed by atoms with Crippen LogP contribution in [0.15, 0.2) is 0 Å². The maximum Gasteiger partial charge on any atom is 0.336 e. The van der Waals surface area contributed by atoms with Crippen LogP contribution in [-0.2, 0) is 0 Å². The van der Waals surface area contributed by atoms with Crippen molar-refractivity contribution >= 4 is 34.2 Å². The van der Waals surface area contributed by atoms with Gasteiger partial charge in [-0.25, -0.2) is 4.79 Å². The maximum absolute atomic E-state index is 11.0. The zero-order valence-corrected chi connectivity index (χ0v) is 10.5. The van der Waals surface area contributed by atoms with E-state index in [2.05, 4.69) is 22.6 Å². The number of hydrogen-bond donors (Lipinski definition) is 2. The minimum Gasteiger partial charge on any atom is -0.478 e. The van der Waals surface area contributed by atoms with Crippen molar-refractivity contribution in [1.29, 1.82) is 0 Å². The molecule has 1 aromatic rings. The second-order valence-electron chi connectivity index (χ2n) is 3.28. The zero-order valence-electron chi connectivity index (χ0n) is 8.31. The lowest BCUT2D eigenvalue weighted by molar-refractivity contribution is 0.0695. The number of rotatable bonds is 1. The van der Waals surface area contributed by atoms with Gasteiger partial charge in [-0.05, 0) is 60.1 Å². The van der Waals surface area contributed by atoms with Crippen LogP contribution in [-0.4, -0.2) is 11.1 Å². The quantitative estimate of drug-likeness (QED) is 0.619. The number of nitrogen functional groups attached to an aromatic ring is 1. The molecule has 0 bridgehead atoms. The third-order valence-corrected chi connectivity index (χ3v) is 4.05. The van der Waals surface area contributed by atoms with Gasteiger partial charge in [0.05, 0.1) is 5.56 Å². The first-order valence-corrected chi connectivity index (χ1v) is 5.23. The van der Waals surface area contributed by atoms with E-state index >= 15 is 0 Å². The summed E-state index contributed by atoms with van der Waals surface area (Å²) in [7, 11) is 0. The second-order valence-corrected chi connectivity index (χ2v) is 4.36. The average Bonchev–Trinajstić information content (AvgIpc) is 2.11. The van der Waals surface area contributed by atoms with Crippen LogP contribution < -0.4 is 5.73 Å². The third-order valence-electron chi connectivity index (χ3n) is 2.43. The fourth-order valence-corrected chi connectivity index (χ4v) is 2.09. The first-order valence-electron chi connectivity index (χ1n) is 4.16. The fraction of sp³-hybridized carbons (Fsp3) is 0.300. The Morgan fingerprint density at radius 2 is 1.71 bits per heavy atom. The molecule has 76 valence electrons. The Kier molecular flexibility index (Phi) is 3.04. The highest BCUT2D eigenvalue weighted by Gasteiger charge is 2.18. The lowest BCUT2D eigenvalue weighted by atomic mass is 9.98. The monoisotopic (exact) mass is 305 g/mol. The molecule has 0 aliphatic heterocycles. The normalized spacial score (nSPS) is 10.3. The number of halogens is 1. The topological polar surface area (TPSA) is 63.3 Å². The number of hydrogen-bond acceptors (Lipinski definition) is 2. The first kappa shape index (κ1) is 11.3. The lowest BCUT2D eigenvalue weighted by Crippen LogP contribution is -2.09. The largest absolute Gasteiger partial charge is 0.478 e. The number of anilines is 1. The Bertz CT molecular complexity index is 384. The molecule has 0 heterocycles. The van der Waals surface area contributed by atoms with E-state index in [9.17, 15) is 4.79 Å². The molecule has 0 spiro atoms. The molecule has 1 aromatic carbocycles. The van der Waals surface area contributed by atoms with E-state index < -0.39 is 5.97 Å². The van der Waals surface area contributed by atoms with E-state index in [1.54, 1.807) is 6.92 Å². The molecular weight excluding hydrogens is 293 g/mol. The highest BCUT2D eigenvalue weighted by atomic mass is 127. The molecule has 3 N–H and O–H groups in total. The Balaban J connectivity index is 3.68. The summed E-state index contributed by atoms with van der Waals surface area (Å²) >= 11 is 2.13. The van der Waals surface area contributed by atoms with E-state index in [-0.39, 0.29) is 0 Å². The molecule has 4 heteroatoms. The molecule has 0 radical (unpaired) electrons. The van der Waals surface area contributed by atoms with E-state index in [0.717, 1.165) is 14.7 Å². The smallest absolute Gasteiger partial charge is 0.336 e. The summed E-state index contributed by atoms with van der Waals surface area (Å²) in [5.74, 6) is -0.912. The lowest BCUT2D eigenvalue weighted by Gasteiger charge is -2.14. The van der Waals surface area contributed by atoms with Gasteiger partial charge in [0.15, 0.2) is 0 Å². The molecule has 14 heavy (non-hydrogen) atoms. The van der Waals surface area contributed by atoms with Crippen molar-refractivity contribution in [3.8, 4) is 0 Å². The van der Waals surface area contributed by atoms with Crippen LogP contribution in [0.5, 0.6) is 0 Å².